The van der Waals surface area contributed by atoms with Crippen LogP contribution in [0.3, 0.4) is 0 Å². The fraction of sp³-hybridized carbons (Fsp3) is 0. The van der Waals surface area contributed by atoms with E-state index in [-0.39, 0.29) is 24.6 Å². The van der Waals surface area contributed by atoms with E-state index < -0.39 is 5.97 Å². The molecule has 3 nitrogen and oxygen atoms in total. The molecule has 1 aromatic rings. The van der Waals surface area contributed by atoms with Gasteiger partial charge >= 0.3 is 18.9 Å². The molecule has 0 saturated carbocycles. The van der Waals surface area contributed by atoms with Crippen molar-refractivity contribution in [3.63, 3.8) is 0 Å². The van der Waals surface area contributed by atoms with Crippen LogP contribution in [-0.4, -0.2) is 11.0 Å². The van der Waals surface area contributed by atoms with Gasteiger partial charge in [-0.2, -0.15) is 0 Å². The smallest absolute Gasteiger partial charge is 0.543 e. The number of hydrogen-bond acceptors (Lipinski definition) is 3. The van der Waals surface area contributed by atoms with Crippen LogP contribution >= 0.6 is 0 Å². The molecule has 4 heteroatoms. The molecule has 0 spiro atoms. The molecule has 0 fully saturated rings. The summed E-state index contributed by atoms with van der Waals surface area (Å²) in [5, 5.41) is 10.0. The predicted molar refractivity (Wildman–Crippen MR) is 28.6 cm³/mol. The van der Waals surface area contributed by atoms with Gasteiger partial charge in [0.2, 0.25) is 0 Å². The maximum Gasteiger partial charge on any atom is 1.00 e. The number of aromatic nitrogens is 1. The minimum absolute atomic E-state index is 0. The van der Waals surface area contributed by atoms with Crippen molar-refractivity contribution in [2.45, 2.75) is 0 Å². The molecule has 0 aliphatic heterocycles. The third-order valence-corrected chi connectivity index (χ3v) is 0.874. The summed E-state index contributed by atoms with van der Waals surface area (Å²) in [6.45, 7) is 0. The molecule has 46 valence electrons. The third kappa shape index (κ3) is 2.22. The van der Waals surface area contributed by atoms with Crippen LogP contribution in [0.2, 0.25) is 0 Å². The molecule has 10 heavy (non-hydrogen) atoms. The van der Waals surface area contributed by atoms with Crippen molar-refractivity contribution in [3.8, 4) is 0 Å². The van der Waals surface area contributed by atoms with E-state index in [1.165, 1.54) is 12.3 Å². The SMILES string of the molecule is O=C([O-])c1ccccn1.[Li+]. The van der Waals surface area contributed by atoms with Crippen LogP contribution in [0.5, 0.6) is 0 Å². The molecule has 0 N–H and O–H groups in total. The van der Waals surface area contributed by atoms with E-state index in [2.05, 4.69) is 4.98 Å². The summed E-state index contributed by atoms with van der Waals surface area (Å²) >= 11 is 0. The van der Waals surface area contributed by atoms with Crippen molar-refractivity contribution >= 4 is 5.97 Å². The number of carboxylic acids is 1. The molecule has 1 heterocycles. The second-order valence-corrected chi connectivity index (χ2v) is 1.50. The molecule has 0 radical (unpaired) electrons. The van der Waals surface area contributed by atoms with Crippen molar-refractivity contribution < 1.29 is 28.8 Å². The summed E-state index contributed by atoms with van der Waals surface area (Å²) in [6, 6.07) is 4.62. The first-order chi connectivity index (χ1) is 4.30. The van der Waals surface area contributed by atoms with Gasteiger partial charge in [0.05, 0.1) is 11.7 Å². The van der Waals surface area contributed by atoms with Crippen molar-refractivity contribution in [2.24, 2.45) is 0 Å². The Kier molecular flexibility index (Phi) is 3.78. The van der Waals surface area contributed by atoms with Crippen LogP contribution in [0.1, 0.15) is 10.5 Å². The summed E-state index contributed by atoms with van der Waals surface area (Å²) in [5.41, 5.74) is -0.0301. The Hall–Kier alpha value is -0.783. The molecule has 0 unspecified atom stereocenters. The van der Waals surface area contributed by atoms with Crippen LogP contribution in [0.25, 0.3) is 0 Å². The maximum atomic E-state index is 10.0. The van der Waals surface area contributed by atoms with E-state index in [0.29, 0.717) is 0 Å². The van der Waals surface area contributed by atoms with Crippen molar-refractivity contribution in [2.75, 3.05) is 0 Å². The molecule has 0 amide bonds. The summed E-state index contributed by atoms with van der Waals surface area (Å²) in [7, 11) is 0. The topological polar surface area (TPSA) is 53.0 Å². The van der Waals surface area contributed by atoms with E-state index >= 15 is 0 Å². The van der Waals surface area contributed by atoms with Crippen LogP contribution < -0.4 is 24.0 Å². The number of pyridine rings is 1. The van der Waals surface area contributed by atoms with Crippen LogP contribution in [0.15, 0.2) is 24.4 Å². The summed E-state index contributed by atoms with van der Waals surface area (Å²) in [6.07, 6.45) is 1.41. The summed E-state index contributed by atoms with van der Waals surface area (Å²) < 4.78 is 0. The van der Waals surface area contributed by atoms with Crippen molar-refractivity contribution in [1.29, 1.82) is 0 Å². The maximum absolute atomic E-state index is 10.0. The molecule has 0 bridgehead atoms. The quantitative estimate of drug-likeness (QED) is 0.369. The first kappa shape index (κ1) is 9.22. The average molecular weight is 129 g/mol. The Morgan fingerprint density at radius 1 is 1.50 bits per heavy atom. The van der Waals surface area contributed by atoms with Gasteiger partial charge in [-0.15, -0.1) is 0 Å². The van der Waals surface area contributed by atoms with Gasteiger partial charge < -0.3 is 9.90 Å². The van der Waals surface area contributed by atoms with Gasteiger partial charge in [-0.1, -0.05) is 6.07 Å². The van der Waals surface area contributed by atoms with Crippen molar-refractivity contribution in [3.05, 3.63) is 30.1 Å². The Morgan fingerprint density at radius 2 is 2.20 bits per heavy atom. The number of aromatic carboxylic acids is 1. The van der Waals surface area contributed by atoms with Gasteiger partial charge in [0.15, 0.2) is 0 Å². The van der Waals surface area contributed by atoms with E-state index in [1.54, 1.807) is 12.1 Å². The molecular weight excluding hydrogens is 125 g/mol. The Labute approximate surface area is 70.3 Å². The number of rotatable bonds is 1. The average Bonchev–Trinajstić information content (AvgIpc) is 1.90. The van der Waals surface area contributed by atoms with E-state index in [1.807, 2.05) is 0 Å². The second-order valence-electron chi connectivity index (χ2n) is 1.50. The standard InChI is InChI=1S/C6H5NO2.Li/c8-6(9)5-3-1-2-4-7-5;/h1-4H,(H,8,9);/q;+1/p-1. The Balaban J connectivity index is 0.000000810. The molecule has 0 saturated heterocycles. The van der Waals surface area contributed by atoms with Gasteiger partial charge in [0.25, 0.3) is 0 Å². The predicted octanol–water partition coefficient (Wildman–Crippen LogP) is -3.55. The van der Waals surface area contributed by atoms with E-state index in [9.17, 15) is 9.90 Å². The number of carbonyl (C=O) groups excluding carboxylic acids is 1. The first-order valence-corrected chi connectivity index (χ1v) is 2.43. The zero-order valence-corrected chi connectivity index (χ0v) is 5.57. The molecule has 0 aliphatic carbocycles. The fourth-order valence-corrected chi connectivity index (χ4v) is 0.484. The molecule has 1 rings (SSSR count). The number of nitrogens with zero attached hydrogens (tertiary/aromatic N) is 1. The molecule has 1 aromatic heterocycles. The van der Waals surface area contributed by atoms with Gasteiger partial charge in [-0.05, 0) is 12.1 Å². The number of hydrogen-bond donors (Lipinski definition) is 0. The van der Waals surface area contributed by atoms with Crippen LogP contribution in [0, 0.1) is 0 Å². The van der Waals surface area contributed by atoms with E-state index in [4.69, 9.17) is 0 Å². The number of carboxylic acid groups (broad SMARTS) is 1. The van der Waals surface area contributed by atoms with Gasteiger partial charge in [0.1, 0.15) is 0 Å². The second kappa shape index (κ2) is 4.10. The minimum atomic E-state index is -1.24. The Bertz CT molecular complexity index is 212. The molecular formula is C6H4LiNO2. The summed E-state index contributed by atoms with van der Waals surface area (Å²) in [4.78, 5) is 13.5. The monoisotopic (exact) mass is 129 g/mol. The summed E-state index contributed by atoms with van der Waals surface area (Å²) in [5.74, 6) is -1.24. The molecule has 0 aromatic carbocycles. The zero-order valence-electron chi connectivity index (χ0n) is 5.57. The normalized spacial score (nSPS) is 8.00. The minimum Gasteiger partial charge on any atom is -0.543 e. The molecule has 0 atom stereocenters. The van der Waals surface area contributed by atoms with Crippen LogP contribution in [-0.2, 0) is 0 Å². The Morgan fingerprint density at radius 3 is 2.50 bits per heavy atom. The third-order valence-electron chi connectivity index (χ3n) is 0.874. The van der Waals surface area contributed by atoms with Gasteiger partial charge in [-0.25, -0.2) is 0 Å². The number of carbonyl (C=O) groups is 1. The van der Waals surface area contributed by atoms with Gasteiger partial charge in [0, 0.05) is 6.20 Å². The fourth-order valence-electron chi connectivity index (χ4n) is 0.484. The van der Waals surface area contributed by atoms with Gasteiger partial charge in [-0.3, -0.25) is 4.98 Å². The first-order valence-electron chi connectivity index (χ1n) is 2.43. The zero-order chi connectivity index (χ0) is 6.69. The van der Waals surface area contributed by atoms with Crippen molar-refractivity contribution in [1.82, 2.24) is 4.98 Å². The van der Waals surface area contributed by atoms with Crippen LogP contribution in [0.4, 0.5) is 0 Å². The molecule has 0 aliphatic rings. The van der Waals surface area contributed by atoms with E-state index in [0.717, 1.165) is 0 Å². The largest absolute Gasteiger partial charge is 1.00 e.